The van der Waals surface area contributed by atoms with E-state index in [1.165, 1.54) is 25.8 Å². The Bertz CT molecular complexity index is 527. The molecule has 1 N–H and O–H groups in total. The lowest BCUT2D eigenvalue weighted by Crippen LogP contribution is -2.35. The second kappa shape index (κ2) is 5.81. The summed E-state index contributed by atoms with van der Waals surface area (Å²) < 4.78 is 0. The molecule has 1 saturated heterocycles. The van der Waals surface area contributed by atoms with Gasteiger partial charge in [0, 0.05) is 24.2 Å². The molecule has 3 unspecified atom stereocenters. The zero-order chi connectivity index (χ0) is 16.0. The van der Waals surface area contributed by atoms with Gasteiger partial charge in [-0.15, -0.1) is 0 Å². The zero-order valence-electron chi connectivity index (χ0n) is 14.0. The number of hydrogen-bond acceptors (Lipinski definition) is 2. The minimum atomic E-state index is -0.390. The molecule has 2 nitrogen and oxygen atoms in total. The number of benzene rings is 1. The highest BCUT2D eigenvalue weighted by atomic mass is 35.5. The fourth-order valence-electron chi connectivity index (χ4n) is 4.98. The predicted octanol–water partition coefficient (Wildman–Crippen LogP) is 4.66. The topological polar surface area (TPSA) is 23.5 Å². The third-order valence-corrected chi connectivity index (χ3v) is 5.72. The Morgan fingerprint density at radius 1 is 1.23 bits per heavy atom. The van der Waals surface area contributed by atoms with Gasteiger partial charge in [0.25, 0.3) is 0 Å². The van der Waals surface area contributed by atoms with E-state index in [4.69, 9.17) is 11.6 Å². The second-order valence-electron chi connectivity index (χ2n) is 8.54. The van der Waals surface area contributed by atoms with E-state index in [0.717, 1.165) is 23.6 Å². The Hall–Kier alpha value is -0.570. The van der Waals surface area contributed by atoms with E-state index in [0.29, 0.717) is 16.9 Å². The average molecular weight is 322 g/mol. The standard InChI is InChI=1S/C19H28ClNO/c1-18(2)10-16-11-19(3,12-18)13-21(16)9-8-17(22)14-4-6-15(20)7-5-14/h4-7,16-17,22H,8-13H2,1-3H3. The summed E-state index contributed by atoms with van der Waals surface area (Å²) in [7, 11) is 0. The zero-order valence-corrected chi connectivity index (χ0v) is 14.7. The first-order valence-electron chi connectivity index (χ1n) is 8.44. The molecule has 0 aromatic heterocycles. The summed E-state index contributed by atoms with van der Waals surface area (Å²) >= 11 is 5.91. The molecule has 2 bridgehead atoms. The van der Waals surface area contributed by atoms with Gasteiger partial charge in [-0.25, -0.2) is 0 Å². The average Bonchev–Trinajstić information content (AvgIpc) is 2.65. The van der Waals surface area contributed by atoms with Crippen molar-refractivity contribution in [3.05, 3.63) is 34.9 Å². The Balaban J connectivity index is 1.59. The Labute approximate surface area is 139 Å². The van der Waals surface area contributed by atoms with Gasteiger partial charge in [-0.3, -0.25) is 4.90 Å². The lowest BCUT2D eigenvalue weighted by atomic mass is 9.65. The van der Waals surface area contributed by atoms with E-state index < -0.39 is 6.10 Å². The van der Waals surface area contributed by atoms with Crippen LogP contribution in [0.2, 0.25) is 5.02 Å². The first kappa shape index (κ1) is 16.3. The van der Waals surface area contributed by atoms with Crippen molar-refractivity contribution in [2.75, 3.05) is 13.1 Å². The van der Waals surface area contributed by atoms with Crippen LogP contribution >= 0.6 is 11.6 Å². The molecule has 1 saturated carbocycles. The molecule has 2 fully saturated rings. The molecular formula is C19H28ClNO. The predicted molar refractivity (Wildman–Crippen MR) is 92.1 cm³/mol. The van der Waals surface area contributed by atoms with Crippen molar-refractivity contribution >= 4 is 11.6 Å². The molecule has 122 valence electrons. The van der Waals surface area contributed by atoms with Crippen molar-refractivity contribution in [3.8, 4) is 0 Å². The monoisotopic (exact) mass is 321 g/mol. The molecule has 0 amide bonds. The highest BCUT2D eigenvalue weighted by Gasteiger charge is 2.49. The molecule has 1 heterocycles. The molecule has 3 atom stereocenters. The number of aliphatic hydroxyl groups is 1. The largest absolute Gasteiger partial charge is 0.388 e. The van der Waals surface area contributed by atoms with Crippen LogP contribution in [0.25, 0.3) is 0 Å². The van der Waals surface area contributed by atoms with Gasteiger partial charge < -0.3 is 5.11 Å². The molecule has 22 heavy (non-hydrogen) atoms. The summed E-state index contributed by atoms with van der Waals surface area (Å²) in [6.07, 6.45) is 4.35. The number of nitrogens with zero attached hydrogens (tertiary/aromatic N) is 1. The molecule has 1 aliphatic carbocycles. The van der Waals surface area contributed by atoms with Crippen molar-refractivity contribution in [1.29, 1.82) is 0 Å². The van der Waals surface area contributed by atoms with Gasteiger partial charge in [0.1, 0.15) is 0 Å². The third-order valence-electron chi connectivity index (χ3n) is 5.47. The molecule has 3 rings (SSSR count). The lowest BCUT2D eigenvalue weighted by molar-refractivity contribution is 0.116. The van der Waals surface area contributed by atoms with Gasteiger partial charge in [-0.05, 0) is 54.2 Å². The highest BCUT2D eigenvalue weighted by molar-refractivity contribution is 6.30. The van der Waals surface area contributed by atoms with Gasteiger partial charge >= 0.3 is 0 Å². The molecule has 1 aromatic carbocycles. The van der Waals surface area contributed by atoms with Crippen LogP contribution in [0.15, 0.2) is 24.3 Å². The first-order valence-corrected chi connectivity index (χ1v) is 8.82. The summed E-state index contributed by atoms with van der Waals surface area (Å²) in [5.41, 5.74) is 1.90. The fraction of sp³-hybridized carbons (Fsp3) is 0.684. The quantitative estimate of drug-likeness (QED) is 0.871. The summed E-state index contributed by atoms with van der Waals surface area (Å²) in [5.74, 6) is 0. The number of hydrogen-bond donors (Lipinski definition) is 1. The molecule has 1 aliphatic heterocycles. The maximum Gasteiger partial charge on any atom is 0.0802 e. The Morgan fingerprint density at radius 3 is 2.59 bits per heavy atom. The minimum Gasteiger partial charge on any atom is -0.388 e. The Morgan fingerprint density at radius 2 is 1.91 bits per heavy atom. The maximum atomic E-state index is 10.4. The summed E-state index contributed by atoms with van der Waals surface area (Å²) in [5, 5.41) is 11.1. The normalized spacial score (nSPS) is 32.1. The number of likely N-dealkylation sites (tertiary alicyclic amines) is 1. The maximum absolute atomic E-state index is 10.4. The second-order valence-corrected chi connectivity index (χ2v) is 8.98. The van der Waals surface area contributed by atoms with Crippen molar-refractivity contribution in [1.82, 2.24) is 4.90 Å². The molecule has 3 heteroatoms. The number of rotatable bonds is 4. The van der Waals surface area contributed by atoms with Gasteiger partial charge in [0.2, 0.25) is 0 Å². The summed E-state index contributed by atoms with van der Waals surface area (Å²) in [6.45, 7) is 9.43. The lowest BCUT2D eigenvalue weighted by Gasteiger charge is -2.40. The number of aliphatic hydroxyl groups excluding tert-OH is 1. The van der Waals surface area contributed by atoms with E-state index >= 15 is 0 Å². The number of halogens is 1. The van der Waals surface area contributed by atoms with E-state index in [9.17, 15) is 5.11 Å². The van der Waals surface area contributed by atoms with E-state index in [-0.39, 0.29) is 0 Å². The van der Waals surface area contributed by atoms with Gasteiger partial charge in [0.05, 0.1) is 6.10 Å². The van der Waals surface area contributed by atoms with E-state index in [1.807, 2.05) is 24.3 Å². The molecule has 0 spiro atoms. The minimum absolute atomic E-state index is 0.390. The van der Waals surface area contributed by atoms with Crippen molar-refractivity contribution in [2.24, 2.45) is 10.8 Å². The Kier molecular flexibility index (Phi) is 4.30. The molecule has 2 aliphatic rings. The SMILES string of the molecule is CC1(C)CC2CC(C)(CN2CCC(O)c2ccc(Cl)cc2)C1. The van der Waals surface area contributed by atoms with Crippen LogP contribution in [0, 0.1) is 10.8 Å². The van der Waals surface area contributed by atoms with E-state index in [1.54, 1.807) is 0 Å². The summed E-state index contributed by atoms with van der Waals surface area (Å²) in [6, 6.07) is 8.27. The molecule has 1 aromatic rings. The van der Waals surface area contributed by atoms with Gasteiger partial charge in [-0.2, -0.15) is 0 Å². The number of fused-ring (bicyclic) bond motifs is 2. The van der Waals surface area contributed by atoms with Crippen LogP contribution in [-0.2, 0) is 0 Å². The third kappa shape index (κ3) is 3.50. The highest BCUT2D eigenvalue weighted by Crippen LogP contribution is 2.52. The van der Waals surface area contributed by atoms with Gasteiger partial charge in [-0.1, -0.05) is 44.5 Å². The smallest absolute Gasteiger partial charge is 0.0802 e. The summed E-state index contributed by atoms with van der Waals surface area (Å²) in [4.78, 5) is 2.62. The van der Waals surface area contributed by atoms with Crippen molar-refractivity contribution in [2.45, 2.75) is 58.6 Å². The molecular weight excluding hydrogens is 294 g/mol. The first-order chi connectivity index (χ1) is 10.3. The van der Waals surface area contributed by atoms with Crippen LogP contribution in [-0.4, -0.2) is 29.1 Å². The van der Waals surface area contributed by atoms with Crippen LogP contribution in [0.4, 0.5) is 0 Å². The van der Waals surface area contributed by atoms with Crippen molar-refractivity contribution in [3.63, 3.8) is 0 Å². The van der Waals surface area contributed by atoms with E-state index in [2.05, 4.69) is 25.7 Å². The van der Waals surface area contributed by atoms with Crippen molar-refractivity contribution < 1.29 is 5.11 Å². The van der Waals surface area contributed by atoms with Crippen LogP contribution in [0.3, 0.4) is 0 Å². The molecule has 0 radical (unpaired) electrons. The van der Waals surface area contributed by atoms with Crippen LogP contribution in [0.1, 0.15) is 58.1 Å². The van der Waals surface area contributed by atoms with Gasteiger partial charge in [0.15, 0.2) is 0 Å². The van der Waals surface area contributed by atoms with Crippen LogP contribution in [0.5, 0.6) is 0 Å². The fourth-order valence-corrected chi connectivity index (χ4v) is 5.10. The van der Waals surface area contributed by atoms with Crippen LogP contribution < -0.4 is 0 Å².